The molecule has 9 heteroatoms. The topological polar surface area (TPSA) is 61.4 Å². The van der Waals surface area contributed by atoms with E-state index in [1.54, 1.807) is 12.1 Å². The zero-order valence-corrected chi connectivity index (χ0v) is 24.3. The Hall–Kier alpha value is -3.36. The van der Waals surface area contributed by atoms with Crippen LogP contribution in [0.5, 0.6) is 0 Å². The summed E-state index contributed by atoms with van der Waals surface area (Å²) in [7, 11) is 0. The molecule has 0 spiro atoms. The molecule has 2 amide bonds. The van der Waals surface area contributed by atoms with E-state index in [2.05, 4.69) is 15.5 Å². The molecule has 3 aromatic rings. The van der Waals surface area contributed by atoms with E-state index in [1.807, 2.05) is 61.5 Å². The number of hydrogen-bond donors (Lipinski definition) is 2. The lowest BCUT2D eigenvalue weighted by molar-refractivity contribution is -0.141. The number of carbonyl (C=O) groups is 2. The predicted molar refractivity (Wildman–Crippen MR) is 159 cm³/mol. The van der Waals surface area contributed by atoms with Crippen LogP contribution in [0.2, 0.25) is 5.02 Å². The first-order valence-electron chi connectivity index (χ1n) is 14.4. The molecule has 1 aliphatic carbocycles. The Morgan fingerprint density at radius 2 is 1.57 bits per heavy atom. The molecule has 1 saturated heterocycles. The number of alkyl halides is 3. The van der Waals surface area contributed by atoms with Gasteiger partial charge in [0.15, 0.2) is 0 Å². The zero-order chi connectivity index (χ0) is 29.9. The maximum Gasteiger partial charge on any atom is 0.405 e. The van der Waals surface area contributed by atoms with Crippen molar-refractivity contribution < 1.29 is 22.8 Å². The number of amides is 2. The highest BCUT2D eigenvalue weighted by Gasteiger charge is 2.49. The zero-order valence-electron chi connectivity index (χ0n) is 23.6. The molecular formula is C33H35ClF3N3O2. The van der Waals surface area contributed by atoms with Crippen LogP contribution in [0.15, 0.2) is 66.7 Å². The van der Waals surface area contributed by atoms with Crippen molar-refractivity contribution in [3.8, 4) is 11.1 Å². The van der Waals surface area contributed by atoms with Gasteiger partial charge >= 0.3 is 6.18 Å². The highest BCUT2D eigenvalue weighted by Crippen LogP contribution is 2.51. The highest BCUT2D eigenvalue weighted by molar-refractivity contribution is 6.31. The van der Waals surface area contributed by atoms with E-state index in [9.17, 15) is 22.8 Å². The summed E-state index contributed by atoms with van der Waals surface area (Å²) in [4.78, 5) is 28.8. The van der Waals surface area contributed by atoms with E-state index in [1.165, 1.54) is 0 Å². The first kappa shape index (κ1) is 30.1. The number of hydrogen-bond acceptors (Lipinski definition) is 3. The first-order chi connectivity index (χ1) is 20.1. The van der Waals surface area contributed by atoms with Gasteiger partial charge in [-0.25, -0.2) is 0 Å². The van der Waals surface area contributed by atoms with Crippen LogP contribution in [0.1, 0.15) is 59.2 Å². The minimum Gasteiger partial charge on any atom is -0.349 e. The highest BCUT2D eigenvalue weighted by atomic mass is 35.5. The average molecular weight is 598 g/mol. The number of aryl methyl sites for hydroxylation is 1. The third-order valence-corrected chi connectivity index (χ3v) is 8.78. The van der Waals surface area contributed by atoms with E-state index in [-0.39, 0.29) is 11.9 Å². The number of benzene rings is 3. The molecular weight excluding hydrogens is 563 g/mol. The fraction of sp³-hybridized carbons (Fsp3) is 0.394. The van der Waals surface area contributed by atoms with Crippen LogP contribution in [0, 0.1) is 6.92 Å². The molecule has 0 saturated carbocycles. The van der Waals surface area contributed by atoms with Crippen molar-refractivity contribution in [2.24, 2.45) is 0 Å². The maximum absolute atomic E-state index is 13.6. The molecule has 0 unspecified atom stereocenters. The SMILES string of the molecule is Cc1ccc(Cl)cc1C(=O)NC1CCN(CCCCC2(C(=O)NCC(F)(F)F)c3ccccc3-c3ccccc32)CC1. The lowest BCUT2D eigenvalue weighted by Gasteiger charge is -2.33. The molecule has 2 aliphatic rings. The van der Waals surface area contributed by atoms with Crippen molar-refractivity contribution in [1.29, 1.82) is 0 Å². The Morgan fingerprint density at radius 1 is 0.952 bits per heavy atom. The van der Waals surface area contributed by atoms with Crippen molar-refractivity contribution in [2.45, 2.75) is 56.7 Å². The molecule has 1 heterocycles. The number of nitrogens with one attached hydrogen (secondary N) is 2. The summed E-state index contributed by atoms with van der Waals surface area (Å²) in [6.45, 7) is 3.02. The van der Waals surface area contributed by atoms with E-state index in [0.29, 0.717) is 23.4 Å². The van der Waals surface area contributed by atoms with Crippen molar-refractivity contribution in [3.63, 3.8) is 0 Å². The molecule has 42 heavy (non-hydrogen) atoms. The van der Waals surface area contributed by atoms with Gasteiger partial charge in [-0.3, -0.25) is 9.59 Å². The van der Waals surface area contributed by atoms with Crippen LogP contribution in [-0.4, -0.2) is 55.1 Å². The number of piperidine rings is 1. The van der Waals surface area contributed by atoms with Crippen LogP contribution in [0.4, 0.5) is 13.2 Å². The summed E-state index contributed by atoms with van der Waals surface area (Å²) >= 11 is 6.08. The molecule has 5 nitrogen and oxygen atoms in total. The van der Waals surface area contributed by atoms with Crippen molar-refractivity contribution in [1.82, 2.24) is 15.5 Å². The second-order valence-corrected chi connectivity index (χ2v) is 11.7. The van der Waals surface area contributed by atoms with Gasteiger partial charge in [0.2, 0.25) is 5.91 Å². The first-order valence-corrected chi connectivity index (χ1v) is 14.8. The van der Waals surface area contributed by atoms with Crippen molar-refractivity contribution >= 4 is 23.4 Å². The lowest BCUT2D eigenvalue weighted by Crippen LogP contribution is -2.47. The molecule has 1 fully saturated rings. The average Bonchev–Trinajstić information content (AvgIpc) is 3.26. The van der Waals surface area contributed by atoms with Gasteiger partial charge in [-0.1, -0.05) is 72.6 Å². The molecule has 222 valence electrons. The van der Waals surface area contributed by atoms with Crippen molar-refractivity contribution in [2.75, 3.05) is 26.2 Å². The molecule has 1 aliphatic heterocycles. The van der Waals surface area contributed by atoms with Crippen LogP contribution >= 0.6 is 11.6 Å². The molecule has 3 aromatic carbocycles. The van der Waals surface area contributed by atoms with Gasteiger partial charge < -0.3 is 15.5 Å². The number of carbonyl (C=O) groups excluding carboxylic acids is 2. The quantitative estimate of drug-likeness (QED) is 0.271. The Balaban J connectivity index is 1.20. The van der Waals surface area contributed by atoms with E-state index in [4.69, 9.17) is 11.6 Å². The lowest BCUT2D eigenvalue weighted by atomic mass is 9.73. The van der Waals surface area contributed by atoms with Gasteiger partial charge in [0.05, 0.1) is 0 Å². The molecule has 0 aromatic heterocycles. The van der Waals surface area contributed by atoms with E-state index < -0.39 is 24.0 Å². The molecule has 5 rings (SSSR count). The minimum atomic E-state index is -4.49. The van der Waals surface area contributed by atoms with Gasteiger partial charge in [0.25, 0.3) is 5.91 Å². The third-order valence-electron chi connectivity index (χ3n) is 8.54. The van der Waals surface area contributed by atoms with E-state index >= 15 is 0 Å². The van der Waals surface area contributed by atoms with Gasteiger partial charge in [-0.2, -0.15) is 13.2 Å². The second-order valence-electron chi connectivity index (χ2n) is 11.3. The van der Waals surface area contributed by atoms with Gasteiger partial charge in [-0.05, 0) is 79.1 Å². The van der Waals surface area contributed by atoms with Gasteiger partial charge in [0, 0.05) is 29.7 Å². The smallest absolute Gasteiger partial charge is 0.349 e. The summed E-state index contributed by atoms with van der Waals surface area (Å²) in [5.74, 6) is -0.719. The third kappa shape index (κ3) is 6.35. The van der Waals surface area contributed by atoms with Crippen molar-refractivity contribution in [3.05, 3.63) is 94.0 Å². The molecule has 2 N–H and O–H groups in total. The summed E-state index contributed by atoms with van der Waals surface area (Å²) in [6.07, 6.45) is -0.945. The Kier molecular flexibility index (Phi) is 8.94. The summed E-state index contributed by atoms with van der Waals surface area (Å²) in [6, 6.07) is 20.5. The molecule has 0 radical (unpaired) electrons. The Morgan fingerprint density at radius 3 is 2.19 bits per heavy atom. The van der Waals surface area contributed by atoms with E-state index in [0.717, 1.165) is 66.7 Å². The van der Waals surface area contributed by atoms with Crippen LogP contribution in [-0.2, 0) is 10.2 Å². The number of likely N-dealkylation sites (tertiary alicyclic amines) is 1. The summed E-state index contributed by atoms with van der Waals surface area (Å²) < 4.78 is 39.3. The largest absolute Gasteiger partial charge is 0.405 e. The standard InChI is InChI=1S/C33H35ClF3N3O2/c1-22-12-13-23(34)20-27(22)30(41)39-24-14-18-40(19-15-24)17-7-6-16-32(31(42)38-21-33(35,36)37)28-10-4-2-8-25(28)26-9-3-5-11-29(26)32/h2-5,8-13,20,24H,6-7,14-19,21H2,1H3,(H,38,42)(H,39,41). The molecule has 0 bridgehead atoms. The molecule has 0 atom stereocenters. The normalized spacial score (nSPS) is 16.5. The van der Waals surface area contributed by atoms with Crippen LogP contribution < -0.4 is 10.6 Å². The summed E-state index contributed by atoms with van der Waals surface area (Å²) in [5.41, 5.74) is 3.61. The second kappa shape index (κ2) is 12.5. The van der Waals surface area contributed by atoms with Crippen LogP contribution in [0.25, 0.3) is 11.1 Å². The van der Waals surface area contributed by atoms with Crippen LogP contribution in [0.3, 0.4) is 0 Å². The number of unbranched alkanes of at least 4 members (excludes halogenated alkanes) is 1. The maximum atomic E-state index is 13.6. The monoisotopic (exact) mass is 597 g/mol. The Labute approximate surface area is 249 Å². The number of rotatable bonds is 9. The Bertz CT molecular complexity index is 1400. The fourth-order valence-corrected chi connectivity index (χ4v) is 6.58. The summed E-state index contributed by atoms with van der Waals surface area (Å²) in [5, 5.41) is 5.87. The minimum absolute atomic E-state index is 0.0826. The van der Waals surface area contributed by atoms with Gasteiger partial charge in [-0.15, -0.1) is 0 Å². The number of nitrogens with zero attached hydrogens (tertiary/aromatic N) is 1. The fourth-order valence-electron chi connectivity index (χ4n) is 6.41. The predicted octanol–water partition coefficient (Wildman–Crippen LogP) is 6.66. The van der Waals surface area contributed by atoms with Gasteiger partial charge in [0.1, 0.15) is 12.0 Å². The number of fused-ring (bicyclic) bond motifs is 3. The number of halogens is 4.